The van der Waals surface area contributed by atoms with Gasteiger partial charge < -0.3 is 49.3 Å². The Morgan fingerprint density at radius 1 is 0.625 bits per heavy atom. The van der Waals surface area contributed by atoms with Gasteiger partial charge in [0.1, 0.15) is 48.4 Å². The molecule has 4 N–H and O–H groups in total. The molecule has 13 rings (SSSR count). The maximum absolute atomic E-state index is 14.7. The molecule has 2 aromatic heterocycles. The third-order valence-corrected chi connectivity index (χ3v) is 16.4. The Labute approximate surface area is 416 Å². The fraction of sp³-hybridized carbons (Fsp3) is 0.393. The van der Waals surface area contributed by atoms with E-state index in [-0.39, 0.29) is 36.0 Å². The van der Waals surface area contributed by atoms with E-state index >= 15 is 0 Å². The lowest BCUT2D eigenvalue weighted by Crippen LogP contribution is -2.44. The Kier molecular flexibility index (Phi) is 10.8. The Hall–Kier alpha value is -7.62. The van der Waals surface area contributed by atoms with Gasteiger partial charge in [-0.05, 0) is 97.2 Å². The molecule has 72 heavy (non-hydrogen) atoms. The summed E-state index contributed by atoms with van der Waals surface area (Å²) >= 11 is 0. The number of aromatic nitrogens is 4. The van der Waals surface area contributed by atoms with Gasteiger partial charge in [-0.3, -0.25) is 9.59 Å². The summed E-state index contributed by atoms with van der Waals surface area (Å²) < 4.78 is 23.0. The van der Waals surface area contributed by atoms with Gasteiger partial charge in [-0.25, -0.2) is 19.6 Å². The van der Waals surface area contributed by atoms with Gasteiger partial charge in [0.2, 0.25) is 0 Å². The number of H-pyrrole nitrogens is 2. The minimum Gasteiger partial charge on any atom is -0.488 e. The number of ether oxygens (including phenoxy) is 4. The van der Waals surface area contributed by atoms with Crippen molar-refractivity contribution in [3.05, 3.63) is 131 Å². The van der Waals surface area contributed by atoms with Gasteiger partial charge in [-0.15, -0.1) is 0 Å². The second-order valence-electron chi connectivity index (χ2n) is 20.6. The minimum atomic E-state index is -0.899. The molecule has 7 aliphatic rings. The van der Waals surface area contributed by atoms with Crippen LogP contribution in [0.1, 0.15) is 127 Å². The molecule has 6 aromatic rings. The number of carbonyl (C=O) groups excluding carboxylic acids is 4. The van der Waals surface area contributed by atoms with Crippen molar-refractivity contribution in [1.29, 1.82) is 0 Å². The molecule has 0 unspecified atom stereocenters. The number of nitrogens with zero attached hydrogens (tertiary/aromatic N) is 4. The van der Waals surface area contributed by atoms with E-state index < -0.39 is 24.3 Å². The summed E-state index contributed by atoms with van der Waals surface area (Å²) in [5.41, 5.74) is 10.1. The van der Waals surface area contributed by atoms with E-state index in [0.29, 0.717) is 48.2 Å². The molecule has 16 heteroatoms. The summed E-state index contributed by atoms with van der Waals surface area (Å²) in [6, 6.07) is 23.6. The largest absolute Gasteiger partial charge is 0.488 e. The molecule has 5 fully saturated rings. The second kappa shape index (κ2) is 17.6. The van der Waals surface area contributed by atoms with E-state index in [0.717, 1.165) is 87.5 Å². The van der Waals surface area contributed by atoms with Crippen LogP contribution in [0.3, 0.4) is 0 Å². The molecule has 16 nitrogen and oxygen atoms in total. The van der Waals surface area contributed by atoms with Crippen LogP contribution in [-0.4, -0.2) is 80.0 Å². The van der Waals surface area contributed by atoms with E-state index in [2.05, 4.69) is 44.9 Å². The number of hydrogen-bond donors (Lipinski definition) is 4. The Morgan fingerprint density at radius 2 is 1.11 bits per heavy atom. The highest BCUT2D eigenvalue weighted by atomic mass is 16.5. The van der Waals surface area contributed by atoms with Gasteiger partial charge in [-0.1, -0.05) is 73.9 Å². The number of fused-ring (bicyclic) bond motifs is 2. The molecule has 0 spiro atoms. The predicted octanol–water partition coefficient (Wildman–Crippen LogP) is 9.48. The van der Waals surface area contributed by atoms with Crippen LogP contribution in [0.2, 0.25) is 0 Å². The molecular formula is C56H56N8O8. The monoisotopic (exact) mass is 968 g/mol. The summed E-state index contributed by atoms with van der Waals surface area (Å²) in [7, 11) is 2.61. The minimum absolute atomic E-state index is 0.0821. The van der Waals surface area contributed by atoms with E-state index in [1.165, 1.54) is 51.9 Å². The maximum atomic E-state index is 14.7. The maximum Gasteiger partial charge on any atom is 0.407 e. The number of carbonyl (C=O) groups is 4. The van der Waals surface area contributed by atoms with Gasteiger partial charge in [0.05, 0.1) is 50.1 Å². The zero-order valence-electron chi connectivity index (χ0n) is 40.2. The van der Waals surface area contributed by atoms with Crippen LogP contribution >= 0.6 is 0 Å². The van der Waals surface area contributed by atoms with Crippen LogP contribution in [0, 0.1) is 11.8 Å². The van der Waals surface area contributed by atoms with Gasteiger partial charge in [0.25, 0.3) is 11.8 Å². The molecule has 4 aliphatic heterocycles. The first-order valence-electron chi connectivity index (χ1n) is 25.4. The van der Waals surface area contributed by atoms with Crippen molar-refractivity contribution in [2.24, 2.45) is 11.8 Å². The van der Waals surface area contributed by atoms with Crippen LogP contribution in [0.4, 0.5) is 9.59 Å². The number of benzene rings is 4. The molecule has 3 aliphatic carbocycles. The van der Waals surface area contributed by atoms with Crippen LogP contribution < -0.4 is 20.1 Å². The molecule has 3 saturated carbocycles. The third kappa shape index (κ3) is 7.73. The molecular weight excluding hydrogens is 913 g/mol. The first kappa shape index (κ1) is 44.3. The Balaban J connectivity index is 0.738. The number of imidazole rings is 2. The van der Waals surface area contributed by atoms with Crippen molar-refractivity contribution >= 4 is 24.0 Å². The molecule has 4 amide bonds. The van der Waals surface area contributed by atoms with E-state index in [1.54, 1.807) is 0 Å². The van der Waals surface area contributed by atoms with Crippen molar-refractivity contribution in [2.45, 2.75) is 113 Å². The molecule has 368 valence electrons. The van der Waals surface area contributed by atoms with Crippen molar-refractivity contribution in [3.63, 3.8) is 0 Å². The van der Waals surface area contributed by atoms with E-state index in [9.17, 15) is 19.2 Å². The standard InChI is InChI=1S/C56H56N8O8/c1-69-55(67)61-49(31-11-7-4-8-12-31)53(65)63-41-19-35(41)21-43(63)51-57-25-39(59-51)33-17-37-27-72-46-24-34(18-38-28-71-45(23-33)47(37)48(38)46)40-26-58-52(60-40)44-22-36-20-42(36)64(44)54(66)50(62-56(68)70-2)32-15-13-30(14-16-32)29-9-5-3-6-10-29/h4,7-8,11-18,23-26,29,35-36,41-44,49-50H,3,5-6,9-10,19-22,27-28H2,1-2H3,(H,57,59)(H,58,60)(H,61,67)(H,62,68)/t35-,36-,41-,42-,43+,44+,49-,50-/m1/s1. The average molecular weight is 969 g/mol. The van der Waals surface area contributed by atoms with E-state index in [4.69, 9.17) is 28.9 Å². The number of aromatic amines is 2. The summed E-state index contributed by atoms with van der Waals surface area (Å²) in [5.74, 6) is 3.84. The molecule has 0 radical (unpaired) electrons. The molecule has 6 heterocycles. The number of hydrogen-bond acceptors (Lipinski definition) is 10. The Bertz CT molecular complexity index is 3080. The highest BCUT2D eigenvalue weighted by Gasteiger charge is 2.57. The molecule has 0 bridgehead atoms. The second-order valence-corrected chi connectivity index (χ2v) is 20.6. The number of nitrogens with one attached hydrogen (secondary N) is 4. The van der Waals surface area contributed by atoms with Crippen LogP contribution in [0.5, 0.6) is 11.5 Å². The number of methoxy groups -OCH3 is 2. The van der Waals surface area contributed by atoms with Gasteiger partial charge in [0, 0.05) is 45.5 Å². The van der Waals surface area contributed by atoms with Crippen LogP contribution in [-0.2, 0) is 32.3 Å². The fourth-order valence-corrected chi connectivity index (χ4v) is 12.6. The highest BCUT2D eigenvalue weighted by molar-refractivity contribution is 5.90. The van der Waals surface area contributed by atoms with Crippen molar-refractivity contribution in [3.8, 4) is 45.1 Å². The lowest BCUT2D eigenvalue weighted by Gasteiger charge is -2.31. The smallest absolute Gasteiger partial charge is 0.407 e. The van der Waals surface area contributed by atoms with Gasteiger partial charge in [-0.2, -0.15) is 0 Å². The molecule has 2 saturated heterocycles. The summed E-state index contributed by atoms with van der Waals surface area (Å²) in [4.78, 5) is 74.9. The zero-order chi connectivity index (χ0) is 48.8. The first-order chi connectivity index (χ1) is 35.2. The fourth-order valence-electron chi connectivity index (χ4n) is 12.6. The van der Waals surface area contributed by atoms with Gasteiger partial charge >= 0.3 is 12.2 Å². The molecule has 8 atom stereocenters. The Morgan fingerprint density at radius 3 is 1.60 bits per heavy atom. The number of amides is 4. The SMILES string of the molecule is COC(=O)N[C@@H](C(=O)N1[C@@H]2C[C@@H]2C[C@H]1c1ncc(-c2cc3c4c(c2)OCc2cc(-c5cnc([C@@H]6C[C@H]7C[C@H]7N6C(=O)[C@H](NC(=O)OC)c6ccc(C7CCCCC7)cc6)[nH]5)cc(c2-4)OC3)[nH]1)c1ccccc1. The highest BCUT2D eigenvalue weighted by Crippen LogP contribution is 2.56. The number of rotatable bonds is 11. The molecule has 4 aromatic carbocycles. The third-order valence-electron chi connectivity index (χ3n) is 16.4. The number of alkyl carbamates (subject to hydrolysis) is 2. The topological polar surface area (TPSA) is 193 Å². The number of piperidine rings is 2. The lowest BCUT2D eigenvalue weighted by atomic mass is 9.83. The lowest BCUT2D eigenvalue weighted by molar-refractivity contribution is -0.136. The summed E-state index contributed by atoms with van der Waals surface area (Å²) in [6.07, 6.45) is 11.8. The van der Waals surface area contributed by atoms with Crippen molar-refractivity contribution in [1.82, 2.24) is 40.4 Å². The van der Waals surface area contributed by atoms with Crippen molar-refractivity contribution < 1.29 is 38.1 Å². The zero-order valence-corrected chi connectivity index (χ0v) is 40.2. The average Bonchev–Trinajstić information content (AvgIpc) is 4.00. The van der Waals surface area contributed by atoms with E-state index in [1.807, 2.05) is 76.8 Å². The summed E-state index contributed by atoms with van der Waals surface area (Å²) in [6.45, 7) is 0.665. The van der Waals surface area contributed by atoms with Crippen LogP contribution in [0.15, 0.2) is 91.3 Å². The quantitative estimate of drug-likeness (QED) is 0.0972. The summed E-state index contributed by atoms with van der Waals surface area (Å²) in [5, 5.41) is 5.63. The predicted molar refractivity (Wildman–Crippen MR) is 263 cm³/mol. The first-order valence-corrected chi connectivity index (χ1v) is 25.4. The van der Waals surface area contributed by atoms with Gasteiger partial charge in [0.15, 0.2) is 0 Å². The number of likely N-dealkylation sites (tertiary alicyclic amines) is 2. The van der Waals surface area contributed by atoms with Crippen molar-refractivity contribution in [2.75, 3.05) is 14.2 Å². The van der Waals surface area contributed by atoms with Crippen LogP contribution in [0.25, 0.3) is 33.6 Å². The normalized spacial score (nSPS) is 23.9.